The molecule has 4 rings (SSSR count). The van der Waals surface area contributed by atoms with Gasteiger partial charge in [0.2, 0.25) is 5.91 Å². The maximum absolute atomic E-state index is 13.4. The maximum atomic E-state index is 13.4. The zero-order valence-electron chi connectivity index (χ0n) is 19.6. The number of unbranched alkanes of at least 4 members (excludes halogenated alkanes) is 3. The number of halogens is 1. The van der Waals surface area contributed by atoms with Gasteiger partial charge >= 0.3 is 0 Å². The second-order valence-corrected chi connectivity index (χ2v) is 8.78. The summed E-state index contributed by atoms with van der Waals surface area (Å²) in [5.41, 5.74) is 8.05. The number of hydrogen-bond donors (Lipinski definition) is 2. The van der Waals surface area contributed by atoms with Gasteiger partial charge in [-0.2, -0.15) is 0 Å². The van der Waals surface area contributed by atoms with Gasteiger partial charge in [-0.1, -0.05) is 36.2 Å². The molecule has 0 aliphatic carbocycles. The molecule has 2 N–H and O–H groups in total. The molecule has 0 saturated carbocycles. The Morgan fingerprint density at radius 2 is 1.85 bits per heavy atom. The third-order valence-corrected chi connectivity index (χ3v) is 6.27. The van der Waals surface area contributed by atoms with E-state index in [9.17, 15) is 9.18 Å². The van der Waals surface area contributed by atoms with Crippen LogP contribution in [0.4, 0.5) is 4.39 Å². The largest absolute Gasteiger partial charge is 0.361 e. The van der Waals surface area contributed by atoms with Crippen LogP contribution in [0.2, 0.25) is 0 Å². The molecule has 1 amide bonds. The average Bonchev–Trinajstić information content (AvgIpc) is 3.35. The van der Waals surface area contributed by atoms with Gasteiger partial charge < -0.3 is 9.09 Å². The summed E-state index contributed by atoms with van der Waals surface area (Å²) in [5, 5.41) is 13.9. The number of aromatic nitrogens is 2. The molecule has 0 aliphatic heterocycles. The lowest BCUT2D eigenvalue weighted by Crippen LogP contribution is -2.17. The summed E-state index contributed by atoms with van der Waals surface area (Å²) in [6.07, 6.45) is 6.94. The van der Waals surface area contributed by atoms with Gasteiger partial charge in [-0.3, -0.25) is 10.0 Å². The lowest BCUT2D eigenvalue weighted by molar-refractivity contribution is -0.129. The number of amides is 1. The number of fused-ring (bicyclic) bond motifs is 1. The first-order chi connectivity index (χ1) is 16.5. The Bertz CT molecular complexity index is 1260. The normalized spacial score (nSPS) is 11.3. The average molecular weight is 464 g/mol. The molecule has 2 aromatic carbocycles. The van der Waals surface area contributed by atoms with Gasteiger partial charge in [0.15, 0.2) is 0 Å². The van der Waals surface area contributed by atoms with Crippen LogP contribution in [-0.2, 0) is 17.8 Å². The summed E-state index contributed by atoms with van der Waals surface area (Å²) in [6, 6.07) is 13.1. The number of aryl methyl sites for hydroxylation is 3. The Hall–Kier alpha value is -3.45. The Kier molecular flexibility index (Phi) is 7.43. The minimum atomic E-state index is -0.337. The van der Waals surface area contributed by atoms with Crippen LogP contribution in [0.25, 0.3) is 22.0 Å². The molecular weight excluding hydrogens is 433 g/mol. The standard InChI is InChI=1S/C27H30FN3O3/c1-18-27(19(2)34-30-18)21-10-13-25-24(16-21)22(15-20-8-11-23(28)12-9-20)17-31(25)14-6-4-3-5-7-26(32)29-33/h8-13,16-17,33H,3-7,14-15H2,1-2H3,(H,29,32). The molecule has 34 heavy (non-hydrogen) atoms. The quantitative estimate of drug-likeness (QED) is 0.169. The summed E-state index contributed by atoms with van der Waals surface area (Å²) in [5.74, 6) is 0.227. The molecule has 0 radical (unpaired) electrons. The number of rotatable bonds is 10. The Morgan fingerprint density at radius 1 is 1.09 bits per heavy atom. The van der Waals surface area contributed by atoms with Gasteiger partial charge in [0, 0.05) is 35.6 Å². The first-order valence-corrected chi connectivity index (χ1v) is 11.7. The molecule has 6 nitrogen and oxygen atoms in total. The summed E-state index contributed by atoms with van der Waals surface area (Å²) in [7, 11) is 0. The number of nitrogens with zero attached hydrogens (tertiary/aromatic N) is 2. The smallest absolute Gasteiger partial charge is 0.243 e. The first-order valence-electron chi connectivity index (χ1n) is 11.7. The van der Waals surface area contributed by atoms with Crippen molar-refractivity contribution >= 4 is 16.8 Å². The van der Waals surface area contributed by atoms with Crippen molar-refractivity contribution in [1.29, 1.82) is 0 Å². The number of carbonyl (C=O) groups is 1. The molecule has 2 heterocycles. The zero-order chi connectivity index (χ0) is 24.1. The van der Waals surface area contributed by atoms with Crippen LogP contribution in [0.1, 0.15) is 54.7 Å². The minimum absolute atomic E-state index is 0.233. The van der Waals surface area contributed by atoms with Crippen LogP contribution in [0, 0.1) is 19.7 Å². The minimum Gasteiger partial charge on any atom is -0.361 e. The third-order valence-electron chi connectivity index (χ3n) is 6.27. The Balaban J connectivity index is 1.58. The molecule has 0 atom stereocenters. The molecule has 7 heteroatoms. The van der Waals surface area contributed by atoms with E-state index in [0.29, 0.717) is 12.8 Å². The Morgan fingerprint density at radius 3 is 2.56 bits per heavy atom. The lowest BCUT2D eigenvalue weighted by atomic mass is 9.99. The predicted octanol–water partition coefficient (Wildman–Crippen LogP) is 6.10. The number of benzene rings is 2. The molecule has 0 saturated heterocycles. The third kappa shape index (κ3) is 5.37. The van der Waals surface area contributed by atoms with E-state index in [1.807, 2.05) is 26.0 Å². The predicted molar refractivity (Wildman–Crippen MR) is 129 cm³/mol. The van der Waals surface area contributed by atoms with Crippen molar-refractivity contribution < 1.29 is 18.9 Å². The number of hydroxylamine groups is 1. The fourth-order valence-corrected chi connectivity index (χ4v) is 4.55. The van der Waals surface area contributed by atoms with E-state index < -0.39 is 0 Å². The molecular formula is C27H30FN3O3. The van der Waals surface area contributed by atoms with Crippen molar-refractivity contribution in [2.75, 3.05) is 0 Å². The molecule has 4 aromatic rings. The summed E-state index contributed by atoms with van der Waals surface area (Å²) < 4.78 is 21.1. The van der Waals surface area contributed by atoms with Crippen LogP contribution in [0.3, 0.4) is 0 Å². The van der Waals surface area contributed by atoms with Crippen LogP contribution in [0.5, 0.6) is 0 Å². The van der Waals surface area contributed by atoms with Crippen LogP contribution in [0.15, 0.2) is 53.2 Å². The van der Waals surface area contributed by atoms with E-state index in [1.54, 1.807) is 5.48 Å². The second kappa shape index (κ2) is 10.7. The maximum Gasteiger partial charge on any atom is 0.243 e. The van der Waals surface area contributed by atoms with E-state index in [-0.39, 0.29) is 11.7 Å². The topological polar surface area (TPSA) is 80.3 Å². The highest BCUT2D eigenvalue weighted by molar-refractivity contribution is 5.89. The van der Waals surface area contributed by atoms with E-state index in [1.165, 1.54) is 23.1 Å². The van der Waals surface area contributed by atoms with Gasteiger partial charge in [0.1, 0.15) is 11.6 Å². The highest BCUT2D eigenvalue weighted by Crippen LogP contribution is 2.33. The molecule has 0 fully saturated rings. The SMILES string of the molecule is Cc1noc(C)c1-c1ccc2c(c1)c(Cc1ccc(F)cc1)cn2CCCCCCC(=O)NO. The summed E-state index contributed by atoms with van der Waals surface area (Å²) in [6.45, 7) is 4.75. The van der Waals surface area contributed by atoms with Crippen molar-refractivity contribution in [3.8, 4) is 11.1 Å². The molecule has 0 unspecified atom stereocenters. The zero-order valence-corrected chi connectivity index (χ0v) is 19.6. The van der Waals surface area contributed by atoms with Gasteiger partial charge in [-0.15, -0.1) is 0 Å². The highest BCUT2D eigenvalue weighted by atomic mass is 19.1. The van der Waals surface area contributed by atoms with Crippen LogP contribution in [-0.4, -0.2) is 20.8 Å². The summed E-state index contributed by atoms with van der Waals surface area (Å²) in [4.78, 5) is 11.1. The molecule has 0 bridgehead atoms. The van der Waals surface area contributed by atoms with Gasteiger partial charge in [-0.05, 0) is 74.1 Å². The number of nitrogens with one attached hydrogen (secondary N) is 1. The fourth-order valence-electron chi connectivity index (χ4n) is 4.55. The second-order valence-electron chi connectivity index (χ2n) is 8.78. The lowest BCUT2D eigenvalue weighted by Gasteiger charge is -2.07. The van der Waals surface area contributed by atoms with Crippen molar-refractivity contribution in [3.05, 3.63) is 77.1 Å². The van der Waals surface area contributed by atoms with Gasteiger partial charge in [0.05, 0.1) is 5.69 Å². The monoisotopic (exact) mass is 463 g/mol. The summed E-state index contributed by atoms with van der Waals surface area (Å²) >= 11 is 0. The first kappa shape index (κ1) is 23.7. The van der Waals surface area contributed by atoms with E-state index >= 15 is 0 Å². The van der Waals surface area contributed by atoms with E-state index in [4.69, 9.17) is 9.73 Å². The molecule has 0 spiro atoms. The van der Waals surface area contributed by atoms with Gasteiger partial charge in [0.25, 0.3) is 0 Å². The van der Waals surface area contributed by atoms with E-state index in [0.717, 1.165) is 65.9 Å². The fraction of sp³-hybridized carbons (Fsp3) is 0.333. The van der Waals surface area contributed by atoms with Gasteiger partial charge in [-0.25, -0.2) is 9.87 Å². The van der Waals surface area contributed by atoms with Crippen molar-refractivity contribution in [2.24, 2.45) is 0 Å². The van der Waals surface area contributed by atoms with E-state index in [2.05, 4.69) is 34.1 Å². The molecule has 178 valence electrons. The Labute approximate surface area is 198 Å². The number of carbonyl (C=O) groups excluding carboxylic acids is 1. The number of hydrogen-bond acceptors (Lipinski definition) is 4. The van der Waals surface area contributed by atoms with Crippen molar-refractivity contribution in [2.45, 2.75) is 58.9 Å². The highest BCUT2D eigenvalue weighted by Gasteiger charge is 2.15. The van der Waals surface area contributed by atoms with Crippen LogP contribution < -0.4 is 5.48 Å². The van der Waals surface area contributed by atoms with Crippen molar-refractivity contribution in [1.82, 2.24) is 15.2 Å². The van der Waals surface area contributed by atoms with Crippen LogP contribution >= 0.6 is 0 Å². The molecule has 0 aliphatic rings. The van der Waals surface area contributed by atoms with Crippen molar-refractivity contribution in [3.63, 3.8) is 0 Å². The molecule has 2 aromatic heterocycles.